The summed E-state index contributed by atoms with van der Waals surface area (Å²) in [5, 5.41) is 11.0. The summed E-state index contributed by atoms with van der Waals surface area (Å²) in [7, 11) is 1.88. The molecule has 0 aliphatic heterocycles. The van der Waals surface area contributed by atoms with Crippen LogP contribution in [0.1, 0.15) is 44.5 Å². The number of hydrogen-bond acceptors (Lipinski definition) is 5. The van der Waals surface area contributed by atoms with E-state index in [0.29, 0.717) is 18.4 Å². The Bertz CT molecular complexity index is 271. The molecule has 5 heteroatoms. The van der Waals surface area contributed by atoms with Crippen molar-refractivity contribution in [2.24, 2.45) is 0 Å². The first kappa shape index (κ1) is 12.1. The highest BCUT2D eigenvalue weighted by Crippen LogP contribution is 2.14. The molecule has 1 atom stereocenters. The second-order valence-electron chi connectivity index (χ2n) is 3.34. The van der Waals surface area contributed by atoms with Gasteiger partial charge in [0.25, 0.3) is 0 Å². The minimum Gasteiger partial charge on any atom is -0.421 e. The zero-order valence-corrected chi connectivity index (χ0v) is 9.62. The highest BCUT2D eigenvalue weighted by molar-refractivity contribution is 4.88. The van der Waals surface area contributed by atoms with Gasteiger partial charge in [0, 0.05) is 6.61 Å². The van der Waals surface area contributed by atoms with Crippen molar-refractivity contribution in [1.82, 2.24) is 15.5 Å². The van der Waals surface area contributed by atoms with E-state index >= 15 is 0 Å². The third-order valence-corrected chi connectivity index (χ3v) is 2.11. The van der Waals surface area contributed by atoms with E-state index in [9.17, 15) is 0 Å². The van der Waals surface area contributed by atoms with Crippen molar-refractivity contribution in [3.63, 3.8) is 0 Å². The lowest BCUT2D eigenvalue weighted by Gasteiger charge is -2.07. The number of nitrogens with zero attached hydrogens (tertiary/aromatic N) is 2. The average Bonchev–Trinajstić information content (AvgIpc) is 2.69. The summed E-state index contributed by atoms with van der Waals surface area (Å²) in [5.74, 6) is 1.18. The van der Waals surface area contributed by atoms with Crippen LogP contribution in [0.5, 0.6) is 0 Å². The number of hydrogen-bond donors (Lipinski definition) is 1. The maximum atomic E-state index is 5.46. The Hall–Kier alpha value is -0.940. The van der Waals surface area contributed by atoms with Crippen LogP contribution in [0.25, 0.3) is 0 Å². The van der Waals surface area contributed by atoms with Crippen LogP contribution < -0.4 is 5.32 Å². The summed E-state index contributed by atoms with van der Waals surface area (Å²) in [6, 6.07) is 0.137. The molecule has 15 heavy (non-hydrogen) atoms. The Labute approximate surface area is 90.2 Å². The fourth-order valence-corrected chi connectivity index (χ4v) is 1.27. The monoisotopic (exact) mass is 213 g/mol. The summed E-state index contributed by atoms with van der Waals surface area (Å²) in [5.41, 5.74) is 0. The third kappa shape index (κ3) is 3.60. The van der Waals surface area contributed by atoms with Gasteiger partial charge in [-0.3, -0.25) is 0 Å². The summed E-state index contributed by atoms with van der Waals surface area (Å²) in [4.78, 5) is 0. The van der Waals surface area contributed by atoms with Gasteiger partial charge in [-0.25, -0.2) is 0 Å². The molecule has 86 valence electrons. The van der Waals surface area contributed by atoms with Crippen LogP contribution in [0.15, 0.2) is 4.42 Å². The number of aromatic nitrogens is 2. The van der Waals surface area contributed by atoms with Gasteiger partial charge in [-0.15, -0.1) is 10.2 Å². The molecule has 0 fully saturated rings. The van der Waals surface area contributed by atoms with Crippen LogP contribution in [-0.2, 0) is 11.3 Å². The molecule has 0 saturated heterocycles. The van der Waals surface area contributed by atoms with Gasteiger partial charge in [0.1, 0.15) is 6.61 Å². The Morgan fingerprint density at radius 1 is 1.40 bits per heavy atom. The minimum atomic E-state index is 0.137. The van der Waals surface area contributed by atoms with Gasteiger partial charge in [-0.2, -0.15) is 0 Å². The maximum Gasteiger partial charge on any atom is 0.242 e. The van der Waals surface area contributed by atoms with E-state index in [2.05, 4.69) is 29.4 Å². The van der Waals surface area contributed by atoms with Gasteiger partial charge < -0.3 is 14.5 Å². The first-order valence-corrected chi connectivity index (χ1v) is 5.39. The van der Waals surface area contributed by atoms with Gasteiger partial charge in [0.05, 0.1) is 6.04 Å². The first-order valence-electron chi connectivity index (χ1n) is 5.39. The van der Waals surface area contributed by atoms with Crippen molar-refractivity contribution >= 4 is 0 Å². The van der Waals surface area contributed by atoms with E-state index in [0.717, 1.165) is 19.4 Å². The van der Waals surface area contributed by atoms with Crippen molar-refractivity contribution < 1.29 is 9.15 Å². The summed E-state index contributed by atoms with van der Waals surface area (Å²) >= 11 is 0. The van der Waals surface area contributed by atoms with E-state index in [1.165, 1.54) is 0 Å². The van der Waals surface area contributed by atoms with Crippen molar-refractivity contribution in [2.45, 2.75) is 39.3 Å². The molecule has 1 aromatic rings. The fraction of sp³-hybridized carbons (Fsp3) is 0.800. The van der Waals surface area contributed by atoms with E-state index in [-0.39, 0.29) is 6.04 Å². The average molecular weight is 213 g/mol. The summed E-state index contributed by atoms with van der Waals surface area (Å²) in [6.07, 6.45) is 1.92. The molecule has 0 aromatic carbocycles. The molecule has 0 aliphatic rings. The fourth-order valence-electron chi connectivity index (χ4n) is 1.27. The highest BCUT2D eigenvalue weighted by atomic mass is 16.5. The number of nitrogens with one attached hydrogen (secondary N) is 1. The standard InChI is InChI=1S/C10H19N3O2/c1-4-6-14-7-9-12-13-10(15-9)8(5-2)11-3/h8,11H,4-7H2,1-3H3. The molecule has 0 aliphatic carbocycles. The topological polar surface area (TPSA) is 60.2 Å². The van der Waals surface area contributed by atoms with Gasteiger partial charge in [0.2, 0.25) is 11.8 Å². The molecule has 0 spiro atoms. The Balaban J connectivity index is 2.47. The van der Waals surface area contributed by atoms with Crippen LogP contribution in [-0.4, -0.2) is 23.9 Å². The van der Waals surface area contributed by atoms with Crippen LogP contribution in [0.4, 0.5) is 0 Å². The predicted octanol–water partition coefficient (Wildman–Crippen LogP) is 1.67. The van der Waals surface area contributed by atoms with Crippen LogP contribution in [0, 0.1) is 0 Å². The molecule has 1 N–H and O–H groups in total. The van der Waals surface area contributed by atoms with Gasteiger partial charge in [-0.05, 0) is 19.9 Å². The van der Waals surface area contributed by atoms with Crippen LogP contribution in [0.2, 0.25) is 0 Å². The molecule has 0 bridgehead atoms. The normalized spacial score (nSPS) is 13.0. The summed E-state index contributed by atoms with van der Waals surface area (Å²) < 4.78 is 10.8. The lowest BCUT2D eigenvalue weighted by Crippen LogP contribution is -2.15. The number of ether oxygens (including phenoxy) is 1. The van der Waals surface area contributed by atoms with E-state index in [1.807, 2.05) is 7.05 Å². The molecular formula is C10H19N3O2. The van der Waals surface area contributed by atoms with E-state index in [4.69, 9.17) is 9.15 Å². The number of rotatable bonds is 7. The molecular weight excluding hydrogens is 194 g/mol. The largest absolute Gasteiger partial charge is 0.421 e. The molecule has 1 aromatic heterocycles. The SMILES string of the molecule is CCCOCc1nnc(C(CC)NC)o1. The zero-order valence-electron chi connectivity index (χ0n) is 9.62. The van der Waals surface area contributed by atoms with Crippen molar-refractivity contribution in [1.29, 1.82) is 0 Å². The van der Waals surface area contributed by atoms with Gasteiger partial charge >= 0.3 is 0 Å². The van der Waals surface area contributed by atoms with E-state index < -0.39 is 0 Å². The molecule has 5 nitrogen and oxygen atoms in total. The minimum absolute atomic E-state index is 0.137. The Morgan fingerprint density at radius 2 is 2.20 bits per heavy atom. The van der Waals surface area contributed by atoms with Gasteiger partial charge in [0.15, 0.2) is 0 Å². The maximum absolute atomic E-state index is 5.46. The van der Waals surface area contributed by atoms with Crippen molar-refractivity contribution in [2.75, 3.05) is 13.7 Å². The van der Waals surface area contributed by atoms with Crippen LogP contribution in [0.3, 0.4) is 0 Å². The van der Waals surface area contributed by atoms with Gasteiger partial charge in [-0.1, -0.05) is 13.8 Å². The molecule has 1 rings (SSSR count). The van der Waals surface area contributed by atoms with E-state index in [1.54, 1.807) is 0 Å². The quantitative estimate of drug-likeness (QED) is 0.698. The second-order valence-corrected chi connectivity index (χ2v) is 3.34. The molecule has 1 unspecified atom stereocenters. The zero-order chi connectivity index (χ0) is 11.1. The highest BCUT2D eigenvalue weighted by Gasteiger charge is 2.14. The molecule has 0 amide bonds. The smallest absolute Gasteiger partial charge is 0.242 e. The molecule has 0 radical (unpaired) electrons. The summed E-state index contributed by atoms with van der Waals surface area (Å²) in [6.45, 7) is 5.26. The Kier molecular flexibility index (Phi) is 5.28. The predicted molar refractivity (Wildman–Crippen MR) is 56.3 cm³/mol. The van der Waals surface area contributed by atoms with Crippen molar-refractivity contribution in [3.05, 3.63) is 11.8 Å². The molecule has 0 saturated carbocycles. The lowest BCUT2D eigenvalue weighted by molar-refractivity contribution is 0.101. The third-order valence-electron chi connectivity index (χ3n) is 2.11. The van der Waals surface area contributed by atoms with Crippen LogP contribution >= 0.6 is 0 Å². The second kappa shape index (κ2) is 6.53. The molecule has 1 heterocycles. The lowest BCUT2D eigenvalue weighted by atomic mass is 10.2. The van der Waals surface area contributed by atoms with Crippen molar-refractivity contribution in [3.8, 4) is 0 Å². The first-order chi connectivity index (χ1) is 7.31. The Morgan fingerprint density at radius 3 is 2.80 bits per heavy atom.